The fraction of sp³-hybridized carbons (Fsp3) is 0.452. The Kier molecular flexibility index (Phi) is 9.22. The van der Waals surface area contributed by atoms with Crippen molar-refractivity contribution in [1.29, 1.82) is 0 Å². The summed E-state index contributed by atoms with van der Waals surface area (Å²) in [5, 5.41) is 16.6. The average Bonchev–Trinajstić information content (AvgIpc) is 3.04. The number of nitrogens with two attached hydrogens (primary N) is 2. The molecule has 0 radical (unpaired) electrons. The molecule has 4 aliphatic rings. The van der Waals surface area contributed by atoms with Gasteiger partial charge in [0, 0.05) is 50.9 Å². The quantitative estimate of drug-likeness (QED) is 0.134. The number of urea groups is 1. The van der Waals surface area contributed by atoms with E-state index in [4.69, 9.17) is 16.2 Å². The first-order valence-corrected chi connectivity index (χ1v) is 15.5. The number of rotatable bonds is 7. The number of hydrogen-bond acceptors (Lipinski definition) is 8. The molecule has 0 saturated carbocycles. The lowest BCUT2D eigenvalue weighted by molar-refractivity contribution is -0.00593. The highest BCUT2D eigenvalue weighted by atomic mass is 19.2. The lowest BCUT2D eigenvalue weighted by Gasteiger charge is -2.41. The Morgan fingerprint density at radius 2 is 1.78 bits per heavy atom. The smallest absolute Gasteiger partial charge is 0.321 e. The van der Waals surface area contributed by atoms with E-state index in [9.17, 15) is 23.1 Å². The van der Waals surface area contributed by atoms with Gasteiger partial charge < -0.3 is 46.6 Å². The number of amidine groups is 1. The molecule has 4 heterocycles. The highest BCUT2D eigenvalue weighted by Gasteiger charge is 2.34. The van der Waals surface area contributed by atoms with Crippen LogP contribution < -0.4 is 26.8 Å². The maximum Gasteiger partial charge on any atom is 0.321 e. The molecule has 6 rings (SSSR count). The van der Waals surface area contributed by atoms with Gasteiger partial charge in [-0.25, -0.2) is 23.0 Å². The van der Waals surface area contributed by atoms with Crippen molar-refractivity contribution in [3.8, 4) is 5.75 Å². The number of aliphatic imine (C=N–C) groups is 2. The van der Waals surface area contributed by atoms with Gasteiger partial charge in [0.05, 0.1) is 17.6 Å². The zero-order valence-electron chi connectivity index (χ0n) is 25.3. The minimum atomic E-state index is -1.32. The zero-order chi connectivity index (χ0) is 32.4. The average molecular weight is 642 g/mol. The number of anilines is 2. The van der Waals surface area contributed by atoms with E-state index in [0.717, 1.165) is 50.1 Å². The predicted molar refractivity (Wildman–Crippen MR) is 168 cm³/mol. The number of aliphatic hydroxyl groups is 1. The minimum Gasteiger partial charge on any atom is -0.450 e. The van der Waals surface area contributed by atoms with Crippen LogP contribution in [-0.4, -0.2) is 89.3 Å². The van der Waals surface area contributed by atoms with Crippen molar-refractivity contribution < 1.29 is 27.8 Å². The molecule has 0 spiro atoms. The van der Waals surface area contributed by atoms with Gasteiger partial charge in [-0.3, -0.25) is 4.99 Å². The van der Waals surface area contributed by atoms with Gasteiger partial charge in [-0.05, 0) is 62.3 Å². The number of fused-ring (bicyclic) bond motifs is 2. The van der Waals surface area contributed by atoms with Crippen LogP contribution in [0.2, 0.25) is 0 Å². The van der Waals surface area contributed by atoms with Crippen molar-refractivity contribution in [2.45, 2.75) is 50.4 Å². The first-order chi connectivity index (χ1) is 22.1. The first-order valence-electron chi connectivity index (χ1n) is 15.5. The number of guanidine groups is 1. The van der Waals surface area contributed by atoms with Gasteiger partial charge in [-0.1, -0.05) is 6.07 Å². The van der Waals surface area contributed by atoms with Crippen LogP contribution in [0.15, 0.2) is 52.3 Å². The largest absolute Gasteiger partial charge is 0.450 e. The number of aliphatic hydroxyl groups excluding tert-OH is 1. The van der Waals surface area contributed by atoms with Crippen molar-refractivity contribution in [3.63, 3.8) is 0 Å². The van der Waals surface area contributed by atoms with Gasteiger partial charge >= 0.3 is 6.03 Å². The summed E-state index contributed by atoms with van der Waals surface area (Å²) >= 11 is 0. The number of amides is 2. The van der Waals surface area contributed by atoms with Crippen LogP contribution >= 0.6 is 0 Å². The molecular weight excluding hydrogens is 603 g/mol. The number of carbonyl (C=O) groups excluding carboxylic acids is 1. The molecular formula is C31H38F3N9O3. The van der Waals surface area contributed by atoms with Crippen LogP contribution in [0.1, 0.15) is 43.6 Å². The fourth-order valence-corrected chi connectivity index (χ4v) is 6.38. The third-order valence-corrected chi connectivity index (χ3v) is 8.90. The Morgan fingerprint density at radius 3 is 2.52 bits per heavy atom. The molecule has 2 fully saturated rings. The van der Waals surface area contributed by atoms with E-state index in [2.05, 4.69) is 25.5 Å². The molecule has 2 amide bonds. The molecule has 2 aromatic carbocycles. The molecule has 46 heavy (non-hydrogen) atoms. The van der Waals surface area contributed by atoms with Crippen molar-refractivity contribution in [3.05, 3.63) is 65.3 Å². The van der Waals surface area contributed by atoms with E-state index in [0.29, 0.717) is 62.0 Å². The van der Waals surface area contributed by atoms with Crippen LogP contribution in [0, 0.1) is 17.5 Å². The monoisotopic (exact) mass is 641 g/mol. The molecule has 0 aromatic heterocycles. The number of likely N-dealkylation sites (tertiary alicyclic amines) is 2. The van der Waals surface area contributed by atoms with Crippen LogP contribution in [0.25, 0.3) is 0 Å². The molecule has 7 N–H and O–H groups in total. The van der Waals surface area contributed by atoms with Gasteiger partial charge in [-0.2, -0.15) is 0 Å². The molecule has 246 valence electrons. The van der Waals surface area contributed by atoms with E-state index < -0.39 is 35.5 Å². The predicted octanol–water partition coefficient (Wildman–Crippen LogP) is 3.28. The molecule has 2 saturated heterocycles. The molecule has 1 atom stereocenters. The number of carbonyl (C=O) groups is 1. The van der Waals surface area contributed by atoms with Crippen molar-refractivity contribution in [1.82, 2.24) is 14.7 Å². The minimum absolute atomic E-state index is 0.110. The van der Waals surface area contributed by atoms with Crippen LogP contribution in [0.5, 0.6) is 5.75 Å². The van der Waals surface area contributed by atoms with E-state index in [1.165, 1.54) is 4.90 Å². The molecule has 2 aromatic rings. The summed E-state index contributed by atoms with van der Waals surface area (Å²) in [6.07, 6.45) is 4.75. The third-order valence-electron chi connectivity index (χ3n) is 8.90. The standard InChI is InChI=1S/C31H38F3N9O3/c32-21-15-23(34)24(16-22(21)33)39-30(44)42-12-4-18(5-13-42)19-2-3-26-25(14-19)38-28-27(46-26)17-43(31(45)40-28)20-6-10-41(11-7-20)9-1-8-37-29(35)36/h2-3,14-18,20,31,45H,1,4-13H2,(H,38,40)(H,39,44)(H4,35,36,37). The molecule has 15 heteroatoms. The van der Waals surface area contributed by atoms with Gasteiger partial charge in [-0.15, -0.1) is 0 Å². The third kappa shape index (κ3) is 6.99. The van der Waals surface area contributed by atoms with Gasteiger partial charge in [0.25, 0.3) is 0 Å². The number of piperidine rings is 2. The number of nitrogens with zero attached hydrogens (tertiary/aromatic N) is 5. The topological polar surface area (TPSA) is 157 Å². The number of nitrogens with one attached hydrogen (secondary N) is 2. The highest BCUT2D eigenvalue weighted by molar-refractivity contribution is 6.09. The van der Waals surface area contributed by atoms with E-state index in [1.54, 1.807) is 0 Å². The second-order valence-electron chi connectivity index (χ2n) is 11.9. The number of halogens is 3. The number of ether oxygens (including phenoxy) is 1. The Bertz CT molecular complexity index is 1550. The molecule has 4 aliphatic heterocycles. The summed E-state index contributed by atoms with van der Waals surface area (Å²) in [5.41, 5.74) is 12.2. The van der Waals surface area contributed by atoms with E-state index >= 15 is 0 Å². The summed E-state index contributed by atoms with van der Waals surface area (Å²) in [6.45, 7) is 4.13. The van der Waals surface area contributed by atoms with Crippen molar-refractivity contribution >= 4 is 29.2 Å². The van der Waals surface area contributed by atoms with Crippen LogP contribution in [-0.2, 0) is 0 Å². The Balaban J connectivity index is 1.03. The first kappa shape index (κ1) is 31.5. The fourth-order valence-electron chi connectivity index (χ4n) is 6.38. The molecule has 0 bridgehead atoms. The van der Waals surface area contributed by atoms with Crippen molar-refractivity contribution in [2.24, 2.45) is 21.5 Å². The number of benzene rings is 2. The van der Waals surface area contributed by atoms with Crippen molar-refractivity contribution in [2.75, 3.05) is 49.9 Å². The number of hydrogen-bond donors (Lipinski definition) is 5. The van der Waals surface area contributed by atoms with E-state index in [-0.39, 0.29) is 17.9 Å². The maximum absolute atomic E-state index is 14.0. The van der Waals surface area contributed by atoms with Gasteiger partial charge in [0.1, 0.15) is 5.82 Å². The molecule has 12 nitrogen and oxygen atoms in total. The Labute approximate surface area is 264 Å². The SMILES string of the molecule is NC(N)=NCCCN1CCC(N2C=C3Oc4ccc(C5CCN(C(=O)Nc6cc(F)c(F)cc6F)CC5)cc4NC3=NC2O)CC1. The molecule has 0 aliphatic carbocycles. The Morgan fingerprint density at radius 1 is 1.04 bits per heavy atom. The van der Waals surface area contributed by atoms with Crippen LogP contribution in [0.3, 0.4) is 0 Å². The summed E-state index contributed by atoms with van der Waals surface area (Å²) in [7, 11) is 0. The van der Waals surface area contributed by atoms with E-state index in [1.807, 2.05) is 29.3 Å². The second kappa shape index (κ2) is 13.5. The maximum atomic E-state index is 14.0. The van der Waals surface area contributed by atoms with Crippen LogP contribution in [0.4, 0.5) is 29.3 Å². The summed E-state index contributed by atoms with van der Waals surface area (Å²) in [5.74, 6) is -1.68. The highest BCUT2D eigenvalue weighted by Crippen LogP contribution is 2.38. The summed E-state index contributed by atoms with van der Waals surface area (Å²) < 4.78 is 47.0. The van der Waals surface area contributed by atoms with Gasteiger partial charge in [0.2, 0.25) is 6.35 Å². The normalized spacial score (nSPS) is 20.5. The van der Waals surface area contributed by atoms with Gasteiger partial charge in [0.15, 0.2) is 34.9 Å². The zero-order valence-corrected chi connectivity index (χ0v) is 25.3. The lowest BCUT2D eigenvalue weighted by Crippen LogP contribution is -2.49. The Hall–Kier alpha value is -4.50. The lowest BCUT2D eigenvalue weighted by atomic mass is 9.89. The summed E-state index contributed by atoms with van der Waals surface area (Å²) in [6, 6.07) is 6.48. The molecule has 1 unspecified atom stereocenters. The second-order valence-corrected chi connectivity index (χ2v) is 11.9. The summed E-state index contributed by atoms with van der Waals surface area (Å²) in [4.78, 5) is 27.0.